The van der Waals surface area contributed by atoms with Crippen molar-refractivity contribution in [3.63, 3.8) is 0 Å². The van der Waals surface area contributed by atoms with E-state index in [9.17, 15) is 17.6 Å². The molecule has 1 aromatic carbocycles. The van der Waals surface area contributed by atoms with Crippen LogP contribution in [0.2, 0.25) is 5.02 Å². The molecule has 36 heavy (non-hydrogen) atoms. The van der Waals surface area contributed by atoms with Gasteiger partial charge in [0.2, 0.25) is 5.82 Å². The van der Waals surface area contributed by atoms with E-state index in [1.807, 2.05) is 0 Å². The molecular formula is C22H12ClF4N7OS. The summed E-state index contributed by atoms with van der Waals surface area (Å²) in [5.74, 6) is 0.128. The lowest BCUT2D eigenvalue weighted by Gasteiger charge is -2.06. The predicted molar refractivity (Wildman–Crippen MR) is 124 cm³/mol. The van der Waals surface area contributed by atoms with Crippen molar-refractivity contribution in [2.24, 2.45) is 0 Å². The molecule has 0 N–H and O–H groups in total. The van der Waals surface area contributed by atoms with E-state index in [0.29, 0.717) is 44.1 Å². The molecule has 5 heterocycles. The Morgan fingerprint density at radius 1 is 1.11 bits per heavy atom. The van der Waals surface area contributed by atoms with Gasteiger partial charge in [0.25, 0.3) is 0 Å². The summed E-state index contributed by atoms with van der Waals surface area (Å²) >= 11 is 6.84. The number of benzene rings is 1. The first-order valence-electron chi connectivity index (χ1n) is 10.3. The number of pyridine rings is 1. The van der Waals surface area contributed by atoms with Gasteiger partial charge in [0.15, 0.2) is 12.4 Å². The van der Waals surface area contributed by atoms with E-state index < -0.39 is 17.7 Å². The first-order valence-corrected chi connectivity index (χ1v) is 11.5. The Kier molecular flexibility index (Phi) is 5.09. The van der Waals surface area contributed by atoms with E-state index in [2.05, 4.69) is 25.1 Å². The molecule has 0 amide bonds. The number of aryl methyl sites for hydroxylation is 1. The molecule has 5 aromatic heterocycles. The molecule has 14 heteroatoms. The number of ether oxygens (including phenoxy) is 1. The average Bonchev–Trinajstić information content (AvgIpc) is 3.55. The fourth-order valence-corrected chi connectivity index (χ4v) is 5.07. The first-order chi connectivity index (χ1) is 17.2. The average molecular weight is 534 g/mol. The summed E-state index contributed by atoms with van der Waals surface area (Å²) in [6.45, 7) is 1.63. The molecule has 182 valence electrons. The molecule has 0 saturated heterocycles. The Balaban J connectivity index is 1.34. The van der Waals surface area contributed by atoms with E-state index >= 15 is 0 Å². The van der Waals surface area contributed by atoms with Crippen LogP contribution < -0.4 is 4.74 Å². The molecule has 8 nitrogen and oxygen atoms in total. The van der Waals surface area contributed by atoms with Crippen LogP contribution in [-0.2, 0) is 12.9 Å². The summed E-state index contributed by atoms with van der Waals surface area (Å²) in [4.78, 5) is 13.0. The fourth-order valence-electron chi connectivity index (χ4n) is 3.72. The number of aromatic nitrogens is 7. The van der Waals surface area contributed by atoms with Gasteiger partial charge in [-0.2, -0.15) is 18.3 Å². The summed E-state index contributed by atoms with van der Waals surface area (Å²) in [6, 6.07) is 6.72. The summed E-state index contributed by atoms with van der Waals surface area (Å²) < 4.78 is 62.1. The zero-order chi connectivity index (χ0) is 25.2. The second kappa shape index (κ2) is 8.10. The fraction of sp³-hybridized carbons (Fsp3) is 0.136. The monoisotopic (exact) mass is 533 g/mol. The van der Waals surface area contributed by atoms with E-state index in [0.717, 1.165) is 17.4 Å². The Bertz CT molecular complexity index is 1790. The van der Waals surface area contributed by atoms with Crippen molar-refractivity contribution in [2.75, 3.05) is 0 Å². The van der Waals surface area contributed by atoms with Crippen molar-refractivity contribution in [1.29, 1.82) is 0 Å². The molecule has 0 aliphatic carbocycles. The van der Waals surface area contributed by atoms with Gasteiger partial charge in [0.1, 0.15) is 38.8 Å². The number of nitrogens with zero attached hydrogens (tertiary/aromatic N) is 7. The number of halogens is 5. The number of fused-ring (bicyclic) bond motifs is 5. The predicted octanol–water partition coefficient (Wildman–Crippen LogP) is 5.91. The normalized spacial score (nSPS) is 12.3. The highest BCUT2D eigenvalue weighted by atomic mass is 35.5. The minimum absolute atomic E-state index is 0.0317. The molecule has 0 fully saturated rings. The maximum Gasteiger partial charge on any atom is 0.433 e. The second-order valence-electron chi connectivity index (χ2n) is 7.82. The second-order valence-corrected chi connectivity index (χ2v) is 9.23. The first kappa shape index (κ1) is 22.6. The molecule has 6 aromatic rings. The van der Waals surface area contributed by atoms with Gasteiger partial charge in [-0.15, -0.1) is 16.4 Å². The largest absolute Gasteiger partial charge is 0.471 e. The van der Waals surface area contributed by atoms with Gasteiger partial charge in [-0.3, -0.25) is 0 Å². The van der Waals surface area contributed by atoms with Gasteiger partial charge < -0.3 is 4.74 Å². The minimum atomic E-state index is -4.55. The Labute approximate surface area is 207 Å². The molecule has 0 saturated carbocycles. The van der Waals surface area contributed by atoms with Crippen molar-refractivity contribution < 1.29 is 22.3 Å². The lowest BCUT2D eigenvalue weighted by Crippen LogP contribution is -2.07. The van der Waals surface area contributed by atoms with Crippen LogP contribution in [0, 0.1) is 12.7 Å². The quantitative estimate of drug-likeness (QED) is 0.262. The van der Waals surface area contributed by atoms with Crippen LogP contribution in [0.3, 0.4) is 0 Å². The topological polar surface area (TPSA) is 83.0 Å². The highest BCUT2D eigenvalue weighted by Gasteiger charge is 2.33. The van der Waals surface area contributed by atoms with Gasteiger partial charge in [-0.25, -0.2) is 28.5 Å². The van der Waals surface area contributed by atoms with Crippen LogP contribution in [0.5, 0.6) is 5.75 Å². The van der Waals surface area contributed by atoms with Crippen LogP contribution in [-0.4, -0.2) is 34.3 Å². The van der Waals surface area contributed by atoms with Crippen LogP contribution in [0.15, 0.2) is 42.9 Å². The Morgan fingerprint density at radius 2 is 1.94 bits per heavy atom. The summed E-state index contributed by atoms with van der Waals surface area (Å²) in [5.41, 5.74) is 0.862. The van der Waals surface area contributed by atoms with Crippen LogP contribution in [0.4, 0.5) is 17.6 Å². The molecule has 0 unspecified atom stereocenters. The summed E-state index contributed by atoms with van der Waals surface area (Å²) in [5, 5.41) is 9.31. The number of hydrogen-bond donors (Lipinski definition) is 0. The zero-order valence-electron chi connectivity index (χ0n) is 18.1. The minimum Gasteiger partial charge on any atom is -0.471 e. The van der Waals surface area contributed by atoms with Gasteiger partial charge in [-0.1, -0.05) is 11.6 Å². The highest BCUT2D eigenvalue weighted by Crippen LogP contribution is 2.38. The third-order valence-corrected chi connectivity index (χ3v) is 6.74. The smallest absolute Gasteiger partial charge is 0.433 e. The number of thiophene rings is 1. The zero-order valence-corrected chi connectivity index (χ0v) is 19.7. The molecule has 0 aliphatic heterocycles. The van der Waals surface area contributed by atoms with Crippen molar-refractivity contribution in [2.45, 2.75) is 19.8 Å². The van der Waals surface area contributed by atoms with E-state index in [1.54, 1.807) is 19.2 Å². The molecule has 0 aliphatic rings. The highest BCUT2D eigenvalue weighted by molar-refractivity contribution is 7.26. The number of rotatable bonds is 4. The number of hydrogen-bond acceptors (Lipinski definition) is 7. The van der Waals surface area contributed by atoms with Gasteiger partial charge in [0.05, 0.1) is 10.5 Å². The van der Waals surface area contributed by atoms with Crippen LogP contribution in [0.25, 0.3) is 37.6 Å². The molecule has 0 atom stereocenters. The molecule has 0 spiro atoms. The standard InChI is InChI=1S/C22H12ClF4N7OS/c1-10-6-15(22(25,26)27)29-21-16(10)17-18(36-21)20-30-19(32-34(20)8-28-17)14-4-5-33(31-14)9-35-11-2-3-13(24)12(23)7-11/h2-8H,9H2,1H3. The Hall–Kier alpha value is -3.84. The van der Waals surface area contributed by atoms with Gasteiger partial charge >= 0.3 is 6.18 Å². The molecule has 0 bridgehead atoms. The molecule has 6 rings (SSSR count). The maximum absolute atomic E-state index is 13.3. The summed E-state index contributed by atoms with van der Waals surface area (Å²) in [6.07, 6.45) is -1.44. The van der Waals surface area contributed by atoms with E-state index in [-0.39, 0.29) is 16.6 Å². The van der Waals surface area contributed by atoms with Crippen molar-refractivity contribution in [3.8, 4) is 17.3 Å². The van der Waals surface area contributed by atoms with E-state index in [1.165, 1.54) is 33.7 Å². The van der Waals surface area contributed by atoms with Crippen molar-refractivity contribution >= 4 is 49.0 Å². The van der Waals surface area contributed by atoms with Gasteiger partial charge in [0, 0.05) is 17.6 Å². The third-order valence-electron chi connectivity index (χ3n) is 5.38. The van der Waals surface area contributed by atoms with Crippen LogP contribution in [0.1, 0.15) is 11.3 Å². The number of alkyl halides is 3. The van der Waals surface area contributed by atoms with Crippen molar-refractivity contribution in [1.82, 2.24) is 34.3 Å². The lowest BCUT2D eigenvalue weighted by atomic mass is 10.1. The van der Waals surface area contributed by atoms with Crippen LogP contribution >= 0.6 is 22.9 Å². The summed E-state index contributed by atoms with van der Waals surface area (Å²) in [7, 11) is 0. The lowest BCUT2D eigenvalue weighted by molar-refractivity contribution is -0.141. The maximum atomic E-state index is 13.3. The van der Waals surface area contributed by atoms with Gasteiger partial charge in [-0.05, 0) is 36.8 Å². The third kappa shape index (κ3) is 3.80. The van der Waals surface area contributed by atoms with E-state index in [4.69, 9.17) is 16.3 Å². The Morgan fingerprint density at radius 3 is 2.72 bits per heavy atom. The molecular weight excluding hydrogens is 522 g/mol. The van der Waals surface area contributed by atoms with Crippen molar-refractivity contribution in [3.05, 3.63) is 65.0 Å². The SMILES string of the molecule is Cc1cc(C(F)(F)F)nc2sc3c(ncn4nc(-c5ccn(COc6ccc(F)c(Cl)c6)n5)nc34)c12. The molecule has 0 radical (unpaired) electrons.